The van der Waals surface area contributed by atoms with Crippen LogP contribution >= 0.6 is 0 Å². The first-order valence-corrected chi connectivity index (χ1v) is 11.6. The summed E-state index contributed by atoms with van der Waals surface area (Å²) in [6.45, 7) is 0.537. The van der Waals surface area contributed by atoms with Gasteiger partial charge in [-0.05, 0) is 37.1 Å². The minimum absolute atomic E-state index is 0.118. The van der Waals surface area contributed by atoms with Gasteiger partial charge in [-0.1, -0.05) is 36.2 Å². The Balaban J connectivity index is 1.58. The van der Waals surface area contributed by atoms with E-state index in [9.17, 15) is 23.3 Å². The number of amides is 1. The molecule has 0 aromatic heterocycles. The predicted octanol–water partition coefficient (Wildman–Crippen LogP) is 3.15. The van der Waals surface area contributed by atoms with Crippen LogP contribution < -0.4 is 5.32 Å². The van der Waals surface area contributed by atoms with E-state index < -0.39 is 27.5 Å². The van der Waals surface area contributed by atoms with Gasteiger partial charge in [0.2, 0.25) is 10.0 Å². The van der Waals surface area contributed by atoms with Crippen LogP contribution in [0.3, 0.4) is 0 Å². The van der Waals surface area contributed by atoms with E-state index in [0.29, 0.717) is 18.8 Å². The van der Waals surface area contributed by atoms with E-state index in [1.807, 2.05) is 0 Å². The molecule has 10 nitrogen and oxygen atoms in total. The average Bonchev–Trinajstić information content (AvgIpc) is 3.07. The van der Waals surface area contributed by atoms with Gasteiger partial charge >= 0.3 is 0 Å². The summed E-state index contributed by atoms with van der Waals surface area (Å²) in [4.78, 5) is 27.6. The van der Waals surface area contributed by atoms with Crippen LogP contribution in [0.1, 0.15) is 31.2 Å². The van der Waals surface area contributed by atoms with E-state index in [2.05, 4.69) is 10.5 Å². The number of nitro groups is 1. The number of oxime groups is 1. The summed E-state index contributed by atoms with van der Waals surface area (Å²) in [5, 5.41) is 17.1. The molecule has 170 valence electrons. The molecule has 32 heavy (non-hydrogen) atoms. The number of carbonyl (C=O) groups excluding carboxylic acids is 1. The van der Waals surface area contributed by atoms with Crippen LogP contribution in [0.5, 0.6) is 0 Å². The Morgan fingerprint density at radius 3 is 2.56 bits per heavy atom. The van der Waals surface area contributed by atoms with E-state index in [-0.39, 0.29) is 16.1 Å². The van der Waals surface area contributed by atoms with Crippen LogP contribution in [0, 0.1) is 10.1 Å². The lowest BCUT2D eigenvalue weighted by molar-refractivity contribution is -0.385. The lowest BCUT2D eigenvalue weighted by Gasteiger charge is -2.20. The molecule has 1 saturated heterocycles. The van der Waals surface area contributed by atoms with Crippen molar-refractivity contribution in [3.63, 3.8) is 0 Å². The number of nitrogens with one attached hydrogen (secondary N) is 1. The van der Waals surface area contributed by atoms with Crippen molar-refractivity contribution in [3.05, 3.63) is 64.2 Å². The molecule has 2 aromatic carbocycles. The van der Waals surface area contributed by atoms with E-state index >= 15 is 0 Å². The van der Waals surface area contributed by atoms with Crippen LogP contribution in [-0.4, -0.2) is 49.5 Å². The molecule has 1 N–H and O–H groups in total. The topological polar surface area (TPSA) is 131 Å². The predicted molar refractivity (Wildman–Crippen MR) is 119 cm³/mol. The van der Waals surface area contributed by atoms with Crippen molar-refractivity contribution < 1.29 is 23.0 Å². The second-order valence-electron chi connectivity index (χ2n) is 7.22. The van der Waals surface area contributed by atoms with Gasteiger partial charge in [0.15, 0.2) is 6.61 Å². The van der Waals surface area contributed by atoms with E-state index in [1.54, 1.807) is 18.2 Å². The largest absolute Gasteiger partial charge is 0.386 e. The lowest BCUT2D eigenvalue weighted by Crippen LogP contribution is -2.32. The molecule has 1 aliphatic rings. The van der Waals surface area contributed by atoms with Gasteiger partial charge in [0.25, 0.3) is 11.6 Å². The first-order valence-electron chi connectivity index (χ1n) is 10.2. The standard InChI is InChI=1S/C21H24N4O6S/c26-21(16-31-22-15-17-8-3-4-11-20(17)25(27)28)23-18-9-7-10-19(14-18)32(29,30)24-12-5-1-2-6-13-24/h3-4,7-11,14-15H,1-2,5-6,12-13,16H2,(H,23,26)/b22-15+. The number of para-hydroxylation sites is 1. The molecule has 0 atom stereocenters. The van der Waals surface area contributed by atoms with Gasteiger partial charge in [-0.25, -0.2) is 8.42 Å². The highest BCUT2D eigenvalue weighted by Gasteiger charge is 2.25. The van der Waals surface area contributed by atoms with Gasteiger partial charge in [-0.15, -0.1) is 0 Å². The molecule has 2 aromatic rings. The van der Waals surface area contributed by atoms with Gasteiger partial charge in [0, 0.05) is 24.8 Å². The third-order valence-corrected chi connectivity index (χ3v) is 6.81. The zero-order valence-corrected chi connectivity index (χ0v) is 18.2. The molecule has 1 fully saturated rings. The van der Waals surface area contributed by atoms with Gasteiger partial charge in [0.05, 0.1) is 21.6 Å². The fourth-order valence-electron chi connectivity index (χ4n) is 3.32. The number of benzene rings is 2. The van der Waals surface area contributed by atoms with Crippen molar-refractivity contribution >= 4 is 33.5 Å². The molecule has 3 rings (SSSR count). The molecule has 1 aliphatic heterocycles. The Labute approximate surface area is 186 Å². The summed E-state index contributed by atoms with van der Waals surface area (Å²) in [7, 11) is -3.63. The molecule has 0 spiro atoms. The van der Waals surface area contributed by atoms with Crippen molar-refractivity contribution in [2.24, 2.45) is 5.16 Å². The molecule has 0 radical (unpaired) electrons. The molecule has 0 bridgehead atoms. The van der Waals surface area contributed by atoms with Crippen molar-refractivity contribution in [2.75, 3.05) is 25.0 Å². The lowest BCUT2D eigenvalue weighted by atomic mass is 10.2. The number of rotatable bonds is 8. The Kier molecular flexibility index (Phi) is 7.90. The summed E-state index contributed by atoms with van der Waals surface area (Å²) in [5.41, 5.74) is 0.424. The smallest absolute Gasteiger partial charge is 0.278 e. The molecular formula is C21H24N4O6S. The van der Waals surface area contributed by atoms with Gasteiger partial charge in [0.1, 0.15) is 0 Å². The van der Waals surface area contributed by atoms with Crippen molar-refractivity contribution in [3.8, 4) is 0 Å². The molecule has 1 heterocycles. The summed E-state index contributed by atoms with van der Waals surface area (Å²) in [6, 6.07) is 12.0. The number of hydrogen-bond donors (Lipinski definition) is 1. The third kappa shape index (κ3) is 6.11. The highest BCUT2D eigenvalue weighted by atomic mass is 32.2. The molecule has 11 heteroatoms. The quantitative estimate of drug-likeness (QED) is 0.366. The molecule has 0 aliphatic carbocycles. The summed E-state index contributed by atoms with van der Waals surface area (Å²) in [5.74, 6) is -0.547. The normalized spacial score (nSPS) is 15.2. The highest BCUT2D eigenvalue weighted by molar-refractivity contribution is 7.89. The Morgan fingerprint density at radius 2 is 1.84 bits per heavy atom. The van der Waals surface area contributed by atoms with Crippen LogP contribution in [-0.2, 0) is 19.7 Å². The monoisotopic (exact) mass is 460 g/mol. The zero-order valence-electron chi connectivity index (χ0n) is 17.3. The second-order valence-corrected chi connectivity index (χ2v) is 9.16. The maximum absolute atomic E-state index is 12.9. The summed E-state index contributed by atoms with van der Waals surface area (Å²) in [6.07, 6.45) is 4.85. The minimum atomic E-state index is -3.63. The molecule has 0 saturated carbocycles. The van der Waals surface area contributed by atoms with Crippen LogP contribution in [0.25, 0.3) is 0 Å². The number of carbonyl (C=O) groups is 1. The Morgan fingerprint density at radius 1 is 1.12 bits per heavy atom. The first-order chi connectivity index (χ1) is 15.4. The van der Waals surface area contributed by atoms with Gasteiger partial charge < -0.3 is 10.2 Å². The van der Waals surface area contributed by atoms with Gasteiger partial charge in [-0.2, -0.15) is 4.31 Å². The Hall–Kier alpha value is -3.31. The fourth-order valence-corrected chi connectivity index (χ4v) is 4.88. The maximum atomic E-state index is 12.9. The summed E-state index contributed by atoms with van der Waals surface area (Å²) >= 11 is 0. The number of hydrogen-bond acceptors (Lipinski definition) is 7. The Bertz CT molecular complexity index is 1090. The molecule has 0 unspecified atom stereocenters. The number of nitrogens with zero attached hydrogens (tertiary/aromatic N) is 3. The van der Waals surface area contributed by atoms with Crippen molar-refractivity contribution in [1.29, 1.82) is 0 Å². The van der Waals surface area contributed by atoms with E-state index in [1.165, 1.54) is 34.6 Å². The average molecular weight is 461 g/mol. The van der Waals surface area contributed by atoms with Crippen LogP contribution in [0.15, 0.2) is 58.6 Å². The van der Waals surface area contributed by atoms with Crippen LogP contribution in [0.2, 0.25) is 0 Å². The summed E-state index contributed by atoms with van der Waals surface area (Å²) < 4.78 is 27.3. The maximum Gasteiger partial charge on any atom is 0.278 e. The second kappa shape index (κ2) is 10.8. The fraction of sp³-hybridized carbons (Fsp3) is 0.333. The van der Waals surface area contributed by atoms with Crippen molar-refractivity contribution in [1.82, 2.24) is 4.31 Å². The first kappa shape index (κ1) is 23.4. The zero-order chi connectivity index (χ0) is 23.0. The highest BCUT2D eigenvalue weighted by Crippen LogP contribution is 2.22. The SMILES string of the molecule is O=C(CO/N=C/c1ccccc1[N+](=O)[O-])Nc1cccc(S(=O)(=O)N2CCCCCC2)c1. The number of sulfonamides is 1. The van der Waals surface area contributed by atoms with Crippen LogP contribution in [0.4, 0.5) is 11.4 Å². The molecular weight excluding hydrogens is 436 g/mol. The number of anilines is 1. The number of nitro benzene ring substituents is 1. The van der Waals surface area contributed by atoms with Crippen molar-refractivity contribution in [2.45, 2.75) is 30.6 Å². The van der Waals surface area contributed by atoms with Gasteiger partial charge in [-0.3, -0.25) is 14.9 Å². The minimum Gasteiger partial charge on any atom is -0.386 e. The van der Waals surface area contributed by atoms with E-state index in [4.69, 9.17) is 4.84 Å². The third-order valence-electron chi connectivity index (χ3n) is 4.92. The van der Waals surface area contributed by atoms with E-state index in [0.717, 1.165) is 31.9 Å². The molecule has 1 amide bonds.